The number of rotatable bonds is 72. The molecule has 0 aromatic rings. The van der Waals surface area contributed by atoms with Crippen molar-refractivity contribution in [2.45, 2.75) is 450 Å². The highest BCUT2D eigenvalue weighted by Crippen LogP contribution is 2.20. The van der Waals surface area contributed by atoms with Gasteiger partial charge in [-0.1, -0.05) is 386 Å². The first-order chi connectivity index (χ1) is 40.5. The van der Waals surface area contributed by atoms with Crippen molar-refractivity contribution in [1.29, 1.82) is 0 Å². The quantitative estimate of drug-likeness (QED) is 0.0320. The molecule has 0 aliphatic heterocycles. The number of aliphatic hydroxyl groups is 2. The lowest BCUT2D eigenvalue weighted by Gasteiger charge is -2.22. The molecule has 6 heteroatoms. The number of amides is 1. The molecule has 0 aromatic carbocycles. The highest BCUT2D eigenvalue weighted by atomic mass is 16.5. The van der Waals surface area contributed by atoms with Crippen molar-refractivity contribution in [2.24, 2.45) is 0 Å². The highest BCUT2D eigenvalue weighted by Gasteiger charge is 2.20. The van der Waals surface area contributed by atoms with Crippen molar-refractivity contribution in [3.63, 3.8) is 0 Å². The van der Waals surface area contributed by atoms with Gasteiger partial charge in [0.25, 0.3) is 0 Å². The first-order valence-corrected chi connectivity index (χ1v) is 37.9. The zero-order chi connectivity index (χ0) is 59.2. The van der Waals surface area contributed by atoms with E-state index >= 15 is 0 Å². The zero-order valence-corrected chi connectivity index (χ0v) is 56.0. The monoisotopic (exact) mass is 1160 g/mol. The number of aliphatic hydroxyl groups excluding tert-OH is 2. The average Bonchev–Trinajstić information content (AvgIpc) is 3.48. The molecule has 0 saturated heterocycles. The van der Waals surface area contributed by atoms with Gasteiger partial charge < -0.3 is 20.3 Å². The molecular formula is C76H149NO5. The van der Waals surface area contributed by atoms with Crippen LogP contribution in [0.3, 0.4) is 0 Å². The fourth-order valence-corrected chi connectivity index (χ4v) is 12.3. The van der Waals surface area contributed by atoms with Crippen LogP contribution in [0.25, 0.3) is 0 Å². The van der Waals surface area contributed by atoms with Crippen LogP contribution in [0.4, 0.5) is 0 Å². The summed E-state index contributed by atoms with van der Waals surface area (Å²) in [5.74, 6) is -0.00638. The molecule has 0 spiro atoms. The largest absolute Gasteiger partial charge is 0.466 e. The third-order valence-electron chi connectivity index (χ3n) is 18.1. The maximum atomic E-state index is 12.5. The molecular weight excluding hydrogens is 1010 g/mol. The molecule has 0 aliphatic rings. The summed E-state index contributed by atoms with van der Waals surface area (Å²) in [7, 11) is 0. The Kier molecular flexibility index (Phi) is 70.8. The lowest BCUT2D eigenvalue weighted by atomic mass is 10.0. The Labute approximate surface area is 514 Å². The number of nitrogens with one attached hydrogen (secondary N) is 1. The second kappa shape index (κ2) is 72.1. The number of ether oxygens (including phenoxy) is 1. The second-order valence-corrected chi connectivity index (χ2v) is 26.3. The Bertz CT molecular complexity index is 1240. The summed E-state index contributed by atoms with van der Waals surface area (Å²) in [6.07, 6.45) is 90.0. The number of carbonyl (C=O) groups is 2. The Morgan fingerprint density at radius 2 is 0.573 bits per heavy atom. The van der Waals surface area contributed by atoms with Crippen LogP contribution in [0.5, 0.6) is 0 Å². The Morgan fingerprint density at radius 1 is 0.329 bits per heavy atom. The fraction of sp³-hybridized carbons (Fsp3) is 0.947. The SMILES string of the molecule is CCCCCCCCCCCCCCCCCCCCC(=O)OCCCCCCCCCCCCCC/C=C\CCCCCCCCCCCCCCCCC(=O)NC(CO)C(O)CCCCCCCCCCCCCCCCCCC. The van der Waals surface area contributed by atoms with Crippen LogP contribution < -0.4 is 5.32 Å². The standard InChI is InChI=1S/C76H149NO5/c1-3-5-7-9-11-13-15-17-19-21-38-42-46-50-54-58-62-66-70-76(81)82-71-67-63-59-55-51-47-43-39-35-33-31-29-27-25-23-22-24-26-28-30-32-34-37-41-45-49-53-57-61-65-69-75(80)77-73(72-78)74(79)68-64-60-56-52-48-44-40-36-20-18-16-14-12-10-8-6-4-2/h23,25,73-74,78-79H,3-22,24,26-72H2,1-2H3,(H,77,80)/b25-23-. The number of hydrogen-bond donors (Lipinski definition) is 3. The molecule has 82 heavy (non-hydrogen) atoms. The minimum atomic E-state index is -0.663. The molecule has 2 unspecified atom stereocenters. The van der Waals surface area contributed by atoms with Gasteiger partial charge in [-0.2, -0.15) is 0 Å². The Balaban J connectivity index is 3.34. The van der Waals surface area contributed by atoms with Crippen molar-refractivity contribution in [1.82, 2.24) is 5.32 Å². The van der Waals surface area contributed by atoms with Crippen LogP contribution >= 0.6 is 0 Å². The number of esters is 1. The number of unbranched alkanes of at least 4 members (excludes halogenated alkanes) is 59. The van der Waals surface area contributed by atoms with E-state index in [-0.39, 0.29) is 18.5 Å². The topological polar surface area (TPSA) is 95.9 Å². The first-order valence-electron chi connectivity index (χ1n) is 37.9. The van der Waals surface area contributed by atoms with Gasteiger partial charge in [0.1, 0.15) is 0 Å². The lowest BCUT2D eigenvalue weighted by Crippen LogP contribution is -2.45. The minimum Gasteiger partial charge on any atom is -0.466 e. The third-order valence-corrected chi connectivity index (χ3v) is 18.1. The predicted molar refractivity (Wildman–Crippen MR) is 361 cm³/mol. The summed E-state index contributed by atoms with van der Waals surface area (Å²) in [6.45, 7) is 5.01. The summed E-state index contributed by atoms with van der Waals surface area (Å²) < 4.78 is 5.51. The fourth-order valence-electron chi connectivity index (χ4n) is 12.3. The minimum absolute atomic E-state index is 0.0227. The lowest BCUT2D eigenvalue weighted by molar-refractivity contribution is -0.143. The van der Waals surface area contributed by atoms with Gasteiger partial charge in [0.05, 0.1) is 25.4 Å². The zero-order valence-electron chi connectivity index (χ0n) is 56.0. The van der Waals surface area contributed by atoms with Crippen molar-refractivity contribution in [3.05, 3.63) is 12.2 Å². The van der Waals surface area contributed by atoms with Crippen molar-refractivity contribution in [2.75, 3.05) is 13.2 Å². The van der Waals surface area contributed by atoms with Crippen molar-refractivity contribution >= 4 is 11.9 Å². The molecule has 1 amide bonds. The Morgan fingerprint density at radius 3 is 0.866 bits per heavy atom. The Hall–Kier alpha value is -1.40. The van der Waals surface area contributed by atoms with E-state index in [1.54, 1.807) is 0 Å². The maximum absolute atomic E-state index is 12.5. The van der Waals surface area contributed by atoms with Crippen LogP contribution in [-0.2, 0) is 14.3 Å². The van der Waals surface area contributed by atoms with E-state index in [9.17, 15) is 19.8 Å². The number of hydrogen-bond acceptors (Lipinski definition) is 5. The van der Waals surface area contributed by atoms with Gasteiger partial charge in [-0.25, -0.2) is 0 Å². The van der Waals surface area contributed by atoms with Crippen LogP contribution in [0, 0.1) is 0 Å². The molecule has 488 valence electrons. The van der Waals surface area contributed by atoms with Gasteiger partial charge in [-0.15, -0.1) is 0 Å². The van der Waals surface area contributed by atoms with Gasteiger partial charge >= 0.3 is 5.97 Å². The summed E-state index contributed by atoms with van der Waals surface area (Å²) >= 11 is 0. The van der Waals surface area contributed by atoms with Gasteiger partial charge in [0.15, 0.2) is 0 Å². The molecule has 0 saturated carbocycles. The van der Waals surface area contributed by atoms with E-state index in [1.807, 2.05) is 0 Å². The van der Waals surface area contributed by atoms with Gasteiger partial charge in [-0.3, -0.25) is 9.59 Å². The van der Waals surface area contributed by atoms with E-state index < -0.39 is 12.1 Å². The van der Waals surface area contributed by atoms with Gasteiger partial charge in [0, 0.05) is 12.8 Å². The van der Waals surface area contributed by atoms with Gasteiger partial charge in [0.2, 0.25) is 5.91 Å². The molecule has 2 atom stereocenters. The molecule has 0 rings (SSSR count). The van der Waals surface area contributed by atoms with Crippen LogP contribution in [0.15, 0.2) is 12.2 Å². The molecule has 6 nitrogen and oxygen atoms in total. The van der Waals surface area contributed by atoms with Crippen molar-refractivity contribution in [3.8, 4) is 0 Å². The van der Waals surface area contributed by atoms with Gasteiger partial charge in [-0.05, 0) is 51.4 Å². The number of allylic oxidation sites excluding steroid dienone is 2. The first kappa shape index (κ1) is 80.6. The maximum Gasteiger partial charge on any atom is 0.305 e. The molecule has 0 bridgehead atoms. The van der Waals surface area contributed by atoms with Crippen LogP contribution in [0.2, 0.25) is 0 Å². The summed E-state index contributed by atoms with van der Waals surface area (Å²) in [6, 6.07) is -0.540. The van der Waals surface area contributed by atoms with E-state index in [1.165, 1.54) is 366 Å². The number of carbonyl (C=O) groups excluding carboxylic acids is 2. The van der Waals surface area contributed by atoms with E-state index in [0.717, 1.165) is 38.5 Å². The molecule has 3 N–H and O–H groups in total. The van der Waals surface area contributed by atoms with E-state index in [0.29, 0.717) is 25.9 Å². The average molecular weight is 1160 g/mol. The summed E-state index contributed by atoms with van der Waals surface area (Å²) in [5, 5.41) is 23.4. The highest BCUT2D eigenvalue weighted by molar-refractivity contribution is 5.76. The molecule has 0 fully saturated rings. The predicted octanol–water partition coefficient (Wildman–Crippen LogP) is 24.7. The third kappa shape index (κ3) is 67.7. The molecule has 0 radical (unpaired) electrons. The summed E-state index contributed by atoms with van der Waals surface area (Å²) in [5.41, 5.74) is 0. The molecule has 0 aromatic heterocycles. The van der Waals surface area contributed by atoms with Crippen molar-refractivity contribution < 1.29 is 24.5 Å². The molecule has 0 heterocycles. The normalized spacial score (nSPS) is 12.5. The smallest absolute Gasteiger partial charge is 0.305 e. The second-order valence-electron chi connectivity index (χ2n) is 26.3. The van der Waals surface area contributed by atoms with Crippen LogP contribution in [-0.4, -0.2) is 47.4 Å². The molecule has 0 aliphatic carbocycles. The van der Waals surface area contributed by atoms with Crippen LogP contribution in [0.1, 0.15) is 438 Å². The van der Waals surface area contributed by atoms with E-state index in [4.69, 9.17) is 4.74 Å². The van der Waals surface area contributed by atoms with E-state index in [2.05, 4.69) is 31.3 Å². The summed E-state index contributed by atoms with van der Waals surface area (Å²) in [4.78, 5) is 24.6.